The van der Waals surface area contributed by atoms with E-state index in [0.717, 1.165) is 28.7 Å². The van der Waals surface area contributed by atoms with Gasteiger partial charge in [-0.3, -0.25) is 0 Å². The average molecular weight is 284 g/mol. The van der Waals surface area contributed by atoms with E-state index in [1.54, 1.807) is 0 Å². The minimum atomic E-state index is 0.289. The van der Waals surface area contributed by atoms with Crippen molar-refractivity contribution in [3.8, 4) is 0 Å². The Labute approximate surface area is 127 Å². The molecule has 4 heteroatoms. The quantitative estimate of drug-likeness (QED) is 0.878. The van der Waals surface area contributed by atoms with Crippen LogP contribution in [0.25, 0.3) is 0 Å². The van der Waals surface area contributed by atoms with E-state index >= 15 is 0 Å². The standard InChI is InChI=1S/C17H24N4/c1-10(2)15-20-16(18-6)13(5)17(21-15)19-14-8-7-11(3)9-12(14)4/h7-10H,1-6H3,(H2,18,19,20,21). The van der Waals surface area contributed by atoms with Crippen LogP contribution in [0.1, 0.15) is 42.3 Å². The first-order valence-electron chi connectivity index (χ1n) is 7.33. The third-order valence-corrected chi connectivity index (χ3v) is 3.55. The van der Waals surface area contributed by atoms with Crippen molar-refractivity contribution in [1.82, 2.24) is 9.97 Å². The van der Waals surface area contributed by atoms with Crippen LogP contribution in [0.4, 0.5) is 17.3 Å². The number of hydrogen-bond acceptors (Lipinski definition) is 4. The molecular weight excluding hydrogens is 260 g/mol. The summed E-state index contributed by atoms with van der Waals surface area (Å²) in [5.74, 6) is 2.88. The van der Waals surface area contributed by atoms with Crippen LogP contribution in [-0.4, -0.2) is 17.0 Å². The molecule has 2 N–H and O–H groups in total. The summed E-state index contributed by atoms with van der Waals surface area (Å²) < 4.78 is 0. The number of benzene rings is 1. The summed E-state index contributed by atoms with van der Waals surface area (Å²) in [6.07, 6.45) is 0. The third-order valence-electron chi connectivity index (χ3n) is 3.55. The Morgan fingerprint density at radius 1 is 1.00 bits per heavy atom. The zero-order valence-corrected chi connectivity index (χ0v) is 13.7. The van der Waals surface area contributed by atoms with Gasteiger partial charge < -0.3 is 10.6 Å². The number of rotatable bonds is 4. The summed E-state index contributed by atoms with van der Waals surface area (Å²) in [6, 6.07) is 6.37. The van der Waals surface area contributed by atoms with Crippen LogP contribution in [-0.2, 0) is 0 Å². The first-order chi connectivity index (χ1) is 9.92. The molecule has 2 rings (SSSR count). The van der Waals surface area contributed by atoms with E-state index in [1.807, 2.05) is 14.0 Å². The van der Waals surface area contributed by atoms with Crippen molar-refractivity contribution < 1.29 is 0 Å². The maximum atomic E-state index is 4.68. The fourth-order valence-corrected chi connectivity index (χ4v) is 2.24. The fraction of sp³-hybridized carbons (Fsp3) is 0.412. The Balaban J connectivity index is 2.45. The molecule has 0 fully saturated rings. The highest BCUT2D eigenvalue weighted by molar-refractivity contribution is 5.67. The van der Waals surface area contributed by atoms with Gasteiger partial charge in [0, 0.05) is 24.2 Å². The monoisotopic (exact) mass is 284 g/mol. The predicted octanol–water partition coefficient (Wildman–Crippen LogP) is 4.31. The molecule has 4 nitrogen and oxygen atoms in total. The van der Waals surface area contributed by atoms with Gasteiger partial charge in [0.05, 0.1) is 0 Å². The zero-order chi connectivity index (χ0) is 15.6. The first kappa shape index (κ1) is 15.3. The number of aryl methyl sites for hydroxylation is 2. The lowest BCUT2D eigenvalue weighted by Crippen LogP contribution is -2.08. The Kier molecular flexibility index (Phi) is 4.46. The molecule has 0 amide bonds. The van der Waals surface area contributed by atoms with Crippen molar-refractivity contribution in [2.24, 2.45) is 0 Å². The van der Waals surface area contributed by atoms with E-state index in [4.69, 9.17) is 0 Å². The van der Waals surface area contributed by atoms with Crippen LogP contribution in [0.3, 0.4) is 0 Å². The van der Waals surface area contributed by atoms with Crippen LogP contribution in [0, 0.1) is 20.8 Å². The lowest BCUT2D eigenvalue weighted by molar-refractivity contribution is 0.775. The van der Waals surface area contributed by atoms with Crippen molar-refractivity contribution in [3.63, 3.8) is 0 Å². The molecule has 0 aliphatic heterocycles. The molecule has 0 spiro atoms. The molecule has 1 aromatic heterocycles. The Morgan fingerprint density at radius 2 is 1.67 bits per heavy atom. The summed E-state index contributed by atoms with van der Waals surface area (Å²) in [6.45, 7) is 10.4. The van der Waals surface area contributed by atoms with Gasteiger partial charge >= 0.3 is 0 Å². The highest BCUT2D eigenvalue weighted by Gasteiger charge is 2.13. The van der Waals surface area contributed by atoms with Gasteiger partial charge in [0.1, 0.15) is 17.5 Å². The predicted molar refractivity (Wildman–Crippen MR) is 89.6 cm³/mol. The SMILES string of the molecule is CNc1nc(C(C)C)nc(Nc2ccc(C)cc2C)c1C. The Bertz CT molecular complexity index is 647. The minimum Gasteiger partial charge on any atom is -0.373 e. The zero-order valence-electron chi connectivity index (χ0n) is 13.7. The van der Waals surface area contributed by atoms with Gasteiger partial charge in [0.25, 0.3) is 0 Å². The molecule has 112 valence electrons. The third kappa shape index (κ3) is 3.32. The summed E-state index contributed by atoms with van der Waals surface area (Å²) in [5.41, 5.74) is 4.59. The van der Waals surface area contributed by atoms with Gasteiger partial charge in [0.15, 0.2) is 0 Å². The average Bonchev–Trinajstić information content (AvgIpc) is 2.43. The van der Waals surface area contributed by atoms with Gasteiger partial charge in [-0.25, -0.2) is 9.97 Å². The van der Waals surface area contributed by atoms with E-state index in [0.29, 0.717) is 0 Å². The maximum Gasteiger partial charge on any atom is 0.139 e. The molecule has 0 saturated heterocycles. The van der Waals surface area contributed by atoms with Crippen LogP contribution in [0.2, 0.25) is 0 Å². The van der Waals surface area contributed by atoms with Gasteiger partial charge in [-0.2, -0.15) is 0 Å². The van der Waals surface area contributed by atoms with E-state index in [2.05, 4.69) is 66.5 Å². The Morgan fingerprint density at radius 3 is 2.24 bits per heavy atom. The second kappa shape index (κ2) is 6.12. The molecule has 0 unspecified atom stereocenters. The van der Waals surface area contributed by atoms with Crippen LogP contribution in [0.5, 0.6) is 0 Å². The normalized spacial score (nSPS) is 10.8. The second-order valence-electron chi connectivity index (χ2n) is 5.75. The maximum absolute atomic E-state index is 4.68. The van der Waals surface area contributed by atoms with Gasteiger partial charge in [0.2, 0.25) is 0 Å². The molecule has 2 aromatic rings. The highest BCUT2D eigenvalue weighted by atomic mass is 15.1. The largest absolute Gasteiger partial charge is 0.373 e. The first-order valence-corrected chi connectivity index (χ1v) is 7.33. The topological polar surface area (TPSA) is 49.8 Å². The number of nitrogens with one attached hydrogen (secondary N) is 2. The molecule has 0 radical (unpaired) electrons. The van der Waals surface area contributed by atoms with Crippen molar-refractivity contribution in [2.45, 2.75) is 40.5 Å². The van der Waals surface area contributed by atoms with Crippen molar-refractivity contribution in [2.75, 3.05) is 17.7 Å². The van der Waals surface area contributed by atoms with Crippen molar-refractivity contribution >= 4 is 17.3 Å². The molecular formula is C17H24N4. The summed E-state index contributed by atoms with van der Waals surface area (Å²) >= 11 is 0. The van der Waals surface area contributed by atoms with Crippen molar-refractivity contribution in [3.05, 3.63) is 40.7 Å². The van der Waals surface area contributed by atoms with Crippen LogP contribution >= 0.6 is 0 Å². The number of nitrogens with zero attached hydrogens (tertiary/aromatic N) is 2. The van der Waals surface area contributed by atoms with Crippen LogP contribution < -0.4 is 10.6 Å². The molecule has 0 aliphatic carbocycles. The van der Waals surface area contributed by atoms with E-state index in [1.165, 1.54) is 11.1 Å². The van der Waals surface area contributed by atoms with Crippen LogP contribution in [0.15, 0.2) is 18.2 Å². The molecule has 1 aromatic carbocycles. The van der Waals surface area contributed by atoms with E-state index in [-0.39, 0.29) is 5.92 Å². The van der Waals surface area contributed by atoms with E-state index < -0.39 is 0 Å². The molecule has 0 bridgehead atoms. The van der Waals surface area contributed by atoms with E-state index in [9.17, 15) is 0 Å². The molecule has 0 aliphatic rings. The smallest absolute Gasteiger partial charge is 0.139 e. The summed E-state index contributed by atoms with van der Waals surface area (Å²) in [4.78, 5) is 9.24. The summed E-state index contributed by atoms with van der Waals surface area (Å²) in [5, 5.41) is 6.60. The van der Waals surface area contributed by atoms with Crippen molar-refractivity contribution in [1.29, 1.82) is 0 Å². The Hall–Kier alpha value is -2.10. The molecule has 1 heterocycles. The summed E-state index contributed by atoms with van der Waals surface area (Å²) in [7, 11) is 1.89. The lowest BCUT2D eigenvalue weighted by atomic mass is 10.1. The second-order valence-corrected chi connectivity index (χ2v) is 5.75. The van der Waals surface area contributed by atoms with Gasteiger partial charge in [-0.05, 0) is 32.4 Å². The lowest BCUT2D eigenvalue weighted by Gasteiger charge is -2.16. The number of aromatic nitrogens is 2. The van der Waals surface area contributed by atoms with Gasteiger partial charge in [-0.15, -0.1) is 0 Å². The highest BCUT2D eigenvalue weighted by Crippen LogP contribution is 2.27. The molecule has 0 saturated carbocycles. The minimum absolute atomic E-state index is 0.289. The number of hydrogen-bond donors (Lipinski definition) is 2. The fourth-order valence-electron chi connectivity index (χ4n) is 2.24. The molecule has 21 heavy (non-hydrogen) atoms. The number of anilines is 3. The van der Waals surface area contributed by atoms with Gasteiger partial charge in [-0.1, -0.05) is 31.5 Å². The molecule has 0 atom stereocenters.